The van der Waals surface area contributed by atoms with Gasteiger partial charge in [-0.25, -0.2) is 0 Å². The predicted molar refractivity (Wildman–Crippen MR) is 97.2 cm³/mol. The molecule has 1 aromatic carbocycles. The third-order valence-corrected chi connectivity index (χ3v) is 5.65. The Labute approximate surface area is 151 Å². The molecule has 2 aliphatic rings. The first kappa shape index (κ1) is 17.4. The summed E-state index contributed by atoms with van der Waals surface area (Å²) in [7, 11) is 0. The van der Waals surface area contributed by atoms with Crippen LogP contribution in [0, 0.1) is 5.92 Å². The van der Waals surface area contributed by atoms with Crippen LogP contribution < -0.4 is 10.1 Å². The van der Waals surface area contributed by atoms with Gasteiger partial charge in [-0.05, 0) is 41.8 Å². The van der Waals surface area contributed by atoms with Crippen molar-refractivity contribution < 1.29 is 14.3 Å². The predicted octanol–water partition coefficient (Wildman–Crippen LogP) is 5.01. The third kappa shape index (κ3) is 4.33. The van der Waals surface area contributed by atoms with Gasteiger partial charge >= 0.3 is 0 Å². The van der Waals surface area contributed by atoms with E-state index in [1.54, 1.807) is 12.1 Å². The van der Waals surface area contributed by atoms with Crippen molar-refractivity contribution in [2.45, 2.75) is 38.5 Å². The van der Waals surface area contributed by atoms with Crippen molar-refractivity contribution in [3.8, 4) is 5.75 Å². The fourth-order valence-corrected chi connectivity index (χ4v) is 4.03. The van der Waals surface area contributed by atoms with Crippen molar-refractivity contribution in [3.63, 3.8) is 0 Å². The molecule has 1 N–H and O–H groups in total. The largest absolute Gasteiger partial charge is 0.492 e. The number of hydrogen-bond acceptors (Lipinski definition) is 4. The van der Waals surface area contributed by atoms with Gasteiger partial charge in [-0.15, -0.1) is 0 Å². The minimum absolute atomic E-state index is 0.348. The highest BCUT2D eigenvalue weighted by Crippen LogP contribution is 2.33. The second kappa shape index (κ2) is 8.08. The molecular formula is C18H20ClNO3S. The van der Waals surface area contributed by atoms with Gasteiger partial charge in [0.1, 0.15) is 5.75 Å². The first-order valence-electron chi connectivity index (χ1n) is 8.29. The van der Waals surface area contributed by atoms with E-state index in [2.05, 4.69) is 5.32 Å². The molecule has 4 nitrogen and oxygen atoms in total. The molecule has 128 valence electrons. The Bertz CT molecular complexity index is 668. The lowest BCUT2D eigenvalue weighted by molar-refractivity contribution is -0.115. The molecule has 2 fully saturated rings. The number of rotatable bonds is 5. The Morgan fingerprint density at radius 1 is 1.25 bits per heavy atom. The van der Waals surface area contributed by atoms with Crippen LogP contribution in [0.25, 0.3) is 6.08 Å². The van der Waals surface area contributed by atoms with E-state index >= 15 is 0 Å². The molecule has 1 aliphatic heterocycles. The van der Waals surface area contributed by atoms with Gasteiger partial charge in [0.25, 0.3) is 11.1 Å². The highest BCUT2D eigenvalue weighted by atomic mass is 35.5. The molecule has 0 bridgehead atoms. The van der Waals surface area contributed by atoms with Crippen molar-refractivity contribution in [2.75, 3.05) is 6.61 Å². The number of carbonyl (C=O) groups is 2. The van der Waals surface area contributed by atoms with Gasteiger partial charge in [0.2, 0.25) is 0 Å². The van der Waals surface area contributed by atoms with Crippen LogP contribution in [-0.2, 0) is 4.79 Å². The Hall–Kier alpha value is -1.46. The van der Waals surface area contributed by atoms with Gasteiger partial charge in [0, 0.05) is 0 Å². The summed E-state index contributed by atoms with van der Waals surface area (Å²) in [5, 5.41) is 2.35. The minimum Gasteiger partial charge on any atom is -0.492 e. The van der Waals surface area contributed by atoms with Crippen LogP contribution >= 0.6 is 23.4 Å². The molecule has 1 saturated heterocycles. The van der Waals surface area contributed by atoms with Crippen molar-refractivity contribution >= 4 is 40.6 Å². The molecule has 1 saturated carbocycles. The van der Waals surface area contributed by atoms with E-state index in [9.17, 15) is 9.59 Å². The molecule has 3 rings (SSSR count). The molecule has 2 amide bonds. The summed E-state index contributed by atoms with van der Waals surface area (Å²) in [6.07, 6.45) is 9.27. The molecule has 0 aromatic heterocycles. The zero-order valence-corrected chi connectivity index (χ0v) is 14.9. The second-order valence-electron chi connectivity index (χ2n) is 6.15. The number of benzene rings is 1. The van der Waals surface area contributed by atoms with Gasteiger partial charge in [-0.2, -0.15) is 0 Å². The number of ether oxygens (including phenoxy) is 1. The Morgan fingerprint density at radius 3 is 2.75 bits per heavy atom. The average molecular weight is 366 g/mol. The lowest BCUT2D eigenvalue weighted by Gasteiger charge is -2.21. The Kier molecular flexibility index (Phi) is 5.85. The number of amides is 2. The number of hydrogen-bond donors (Lipinski definition) is 1. The van der Waals surface area contributed by atoms with E-state index in [0.29, 0.717) is 27.8 Å². The molecule has 0 spiro atoms. The van der Waals surface area contributed by atoms with Crippen molar-refractivity contribution in [1.82, 2.24) is 5.32 Å². The number of thioether (sulfide) groups is 1. The summed E-state index contributed by atoms with van der Waals surface area (Å²) in [5.41, 5.74) is 0.680. The molecule has 24 heavy (non-hydrogen) atoms. The molecule has 0 atom stereocenters. The number of imide groups is 1. The van der Waals surface area contributed by atoms with E-state index < -0.39 is 0 Å². The first-order valence-corrected chi connectivity index (χ1v) is 9.49. The normalized spacial score (nSPS) is 20.5. The van der Waals surface area contributed by atoms with Crippen LogP contribution in [0.2, 0.25) is 5.02 Å². The summed E-state index contributed by atoms with van der Waals surface area (Å²) < 4.78 is 5.86. The van der Waals surface area contributed by atoms with Gasteiger partial charge in [0.15, 0.2) is 0 Å². The minimum atomic E-state index is -0.385. The second-order valence-corrected chi connectivity index (χ2v) is 7.55. The zero-order valence-electron chi connectivity index (χ0n) is 13.3. The van der Waals surface area contributed by atoms with Crippen molar-refractivity contribution in [2.24, 2.45) is 5.92 Å². The van der Waals surface area contributed by atoms with Crippen LogP contribution in [0.4, 0.5) is 4.79 Å². The van der Waals surface area contributed by atoms with Crippen LogP contribution in [0.3, 0.4) is 0 Å². The quantitative estimate of drug-likeness (QED) is 0.745. The first-order chi connectivity index (χ1) is 11.6. The summed E-state index contributed by atoms with van der Waals surface area (Å²) in [6, 6.07) is 5.48. The van der Waals surface area contributed by atoms with Gasteiger partial charge in [0.05, 0.1) is 16.5 Å². The highest BCUT2D eigenvalue weighted by molar-refractivity contribution is 8.18. The number of carbonyl (C=O) groups excluding carboxylic acids is 2. The molecule has 1 aromatic rings. The maximum atomic E-state index is 11.6. The van der Waals surface area contributed by atoms with E-state index in [-0.39, 0.29) is 11.1 Å². The van der Waals surface area contributed by atoms with E-state index in [4.69, 9.17) is 16.3 Å². The van der Waals surface area contributed by atoms with Crippen molar-refractivity contribution in [3.05, 3.63) is 33.7 Å². The average Bonchev–Trinajstić information content (AvgIpc) is 2.89. The number of nitrogens with one attached hydrogen (secondary N) is 1. The maximum absolute atomic E-state index is 11.6. The molecule has 1 heterocycles. The summed E-state index contributed by atoms with van der Waals surface area (Å²) in [5.74, 6) is 0.994. The van der Waals surface area contributed by atoms with E-state index in [1.807, 2.05) is 12.1 Å². The molecule has 0 radical (unpaired) electrons. The molecule has 0 unspecified atom stereocenters. The van der Waals surface area contributed by atoms with Crippen LogP contribution in [0.15, 0.2) is 23.1 Å². The summed E-state index contributed by atoms with van der Waals surface area (Å²) >= 11 is 7.28. The smallest absolute Gasteiger partial charge is 0.290 e. The van der Waals surface area contributed by atoms with Crippen LogP contribution in [0.5, 0.6) is 5.75 Å². The lowest BCUT2D eigenvalue weighted by Crippen LogP contribution is -2.17. The lowest BCUT2D eigenvalue weighted by atomic mass is 9.87. The Morgan fingerprint density at radius 2 is 2.04 bits per heavy atom. The maximum Gasteiger partial charge on any atom is 0.290 e. The molecule has 6 heteroatoms. The fourth-order valence-electron chi connectivity index (χ4n) is 3.12. The monoisotopic (exact) mass is 365 g/mol. The van der Waals surface area contributed by atoms with Gasteiger partial charge in [-0.3, -0.25) is 14.9 Å². The summed E-state index contributed by atoms with van der Waals surface area (Å²) in [4.78, 5) is 23.2. The van der Waals surface area contributed by atoms with Crippen LogP contribution in [0.1, 0.15) is 44.1 Å². The van der Waals surface area contributed by atoms with Crippen LogP contribution in [-0.4, -0.2) is 17.8 Å². The standard InChI is InChI=1S/C18H20ClNO3S/c19-16-13(11-15-17(21)20-18(22)24-15)7-4-8-14(16)23-10-9-12-5-2-1-3-6-12/h4,7-8,11-12H,1-3,5-6,9-10H2,(H,20,21,22)/b15-11-. The fraction of sp³-hybridized carbons (Fsp3) is 0.444. The van der Waals surface area contributed by atoms with Gasteiger partial charge in [-0.1, -0.05) is 55.8 Å². The zero-order chi connectivity index (χ0) is 16.9. The van der Waals surface area contributed by atoms with Crippen molar-refractivity contribution in [1.29, 1.82) is 0 Å². The van der Waals surface area contributed by atoms with Gasteiger partial charge < -0.3 is 4.74 Å². The third-order valence-electron chi connectivity index (χ3n) is 4.43. The van der Waals surface area contributed by atoms with E-state index in [0.717, 1.165) is 24.1 Å². The Balaban J connectivity index is 1.63. The molecule has 1 aliphatic carbocycles. The SMILES string of the molecule is O=C1NC(=O)/C(=C/c2cccc(OCCC3CCCCC3)c2Cl)S1. The van der Waals surface area contributed by atoms with E-state index in [1.165, 1.54) is 32.1 Å². The number of halogens is 1. The molecular weight excluding hydrogens is 346 g/mol. The summed E-state index contributed by atoms with van der Waals surface area (Å²) in [6.45, 7) is 0.651. The topological polar surface area (TPSA) is 55.4 Å². The highest BCUT2D eigenvalue weighted by Gasteiger charge is 2.25.